The highest BCUT2D eigenvalue weighted by Crippen LogP contribution is 2.38. The first-order valence-electron chi connectivity index (χ1n) is 18.1. The summed E-state index contributed by atoms with van der Waals surface area (Å²) >= 11 is 9.81. The lowest BCUT2D eigenvalue weighted by Gasteiger charge is -1.99. The van der Waals surface area contributed by atoms with Gasteiger partial charge in [-0.25, -0.2) is 4.85 Å². The highest BCUT2D eigenvalue weighted by molar-refractivity contribution is 7.24. The fourth-order valence-corrected chi connectivity index (χ4v) is 11.4. The summed E-state index contributed by atoms with van der Waals surface area (Å²) in [5.74, 6) is 0. The van der Waals surface area contributed by atoms with E-state index in [1.807, 2.05) is 103 Å². The first kappa shape index (κ1) is 46.8. The molecule has 10 rings (SSSR count). The van der Waals surface area contributed by atoms with Crippen LogP contribution >= 0.6 is 80.5 Å². The summed E-state index contributed by atoms with van der Waals surface area (Å²) in [7, 11) is 1.65. The van der Waals surface area contributed by atoms with Crippen LogP contribution in [0.2, 0.25) is 0 Å². The average Bonchev–Trinajstić information content (AvgIpc) is 4.16. The van der Waals surface area contributed by atoms with Crippen molar-refractivity contribution in [2.24, 2.45) is 0 Å². The van der Waals surface area contributed by atoms with Crippen molar-refractivity contribution in [3.8, 4) is 36.7 Å². The number of aromatic nitrogens is 6. The van der Waals surface area contributed by atoms with Gasteiger partial charge in [-0.3, -0.25) is 4.79 Å². The van der Waals surface area contributed by atoms with Gasteiger partial charge in [-0.2, -0.15) is 36.8 Å². The SMILES string of the molecule is C.C.COc1ccc(-c2ccc(C=O)s2)s1.N#CCc1cccc2nsnc12.[C-]#[N+]/C(=C\c1ccc(-c2ccc(/C=C(\C#N)c3cccc4nsnc34)s2)s1)c1cccc2nsnc12. The summed E-state index contributed by atoms with van der Waals surface area (Å²) in [4.78, 5) is 21.5. The monoisotopic (exact) mass is 967 g/mol. The van der Waals surface area contributed by atoms with Crippen LogP contribution in [0, 0.1) is 29.2 Å². The number of hydrogen-bond acceptors (Lipinski definition) is 17. The van der Waals surface area contributed by atoms with E-state index in [0.717, 1.165) is 119 Å². The van der Waals surface area contributed by atoms with Crippen LogP contribution in [0.1, 0.15) is 51.0 Å². The summed E-state index contributed by atoms with van der Waals surface area (Å²) in [5, 5.41) is 19.2. The van der Waals surface area contributed by atoms with E-state index >= 15 is 0 Å². The van der Waals surface area contributed by atoms with Crippen molar-refractivity contribution in [3.05, 3.63) is 146 Å². The summed E-state index contributed by atoms with van der Waals surface area (Å²) < 4.78 is 30.6. The molecule has 0 aliphatic carbocycles. The Morgan fingerprint density at radius 1 is 0.625 bits per heavy atom. The normalized spacial score (nSPS) is 10.9. The van der Waals surface area contributed by atoms with E-state index in [2.05, 4.69) is 55.4 Å². The van der Waals surface area contributed by atoms with Crippen molar-refractivity contribution in [2.75, 3.05) is 7.11 Å². The minimum absolute atomic E-state index is 0. The number of thiophene rings is 4. The summed E-state index contributed by atoms with van der Waals surface area (Å²) in [6.45, 7) is 7.72. The zero-order valence-electron chi connectivity index (χ0n) is 32.0. The Morgan fingerprint density at radius 2 is 1.12 bits per heavy atom. The van der Waals surface area contributed by atoms with Crippen molar-refractivity contribution in [1.82, 2.24) is 26.2 Å². The highest BCUT2D eigenvalue weighted by atomic mass is 32.1. The van der Waals surface area contributed by atoms with Crippen molar-refractivity contribution in [2.45, 2.75) is 21.3 Å². The molecule has 0 aliphatic heterocycles. The van der Waals surface area contributed by atoms with Gasteiger partial charge in [-0.05, 0) is 84.4 Å². The van der Waals surface area contributed by atoms with Crippen molar-refractivity contribution in [3.63, 3.8) is 0 Å². The number of carbonyl (C=O) groups excluding carboxylic acids is 1. The number of ether oxygens (including phenoxy) is 1. The molecule has 0 atom stereocenters. The molecule has 0 saturated carbocycles. The number of nitriles is 2. The molecule has 7 aromatic heterocycles. The number of methoxy groups -OCH3 is 1. The second kappa shape index (κ2) is 22.1. The van der Waals surface area contributed by atoms with E-state index in [0.29, 0.717) is 17.7 Å². The van der Waals surface area contributed by atoms with Crippen LogP contribution in [0.25, 0.3) is 80.9 Å². The number of rotatable bonds is 9. The van der Waals surface area contributed by atoms with Gasteiger partial charge in [0.1, 0.15) is 33.1 Å². The standard InChI is InChI=1S/C26H12N6S4.C10H8O2S2.C8H5N3S.2CH4/c1-28-22(19-5-3-7-21-26(19)32-36-30-21)13-17-9-11-24(34-17)23-10-8-16(33-23)12-15(14-27)18-4-2-6-20-25(18)31-35-29-20;1-12-10-5-4-9(14-10)8-3-2-7(6-11)13-8;9-5-4-6-2-1-3-7-8(6)11-12-10-7;;/h2-13H;2-6H,1H3;1-3H,4H2;2*1H4/b15-12+,22-13-;;;;. The molecule has 64 heavy (non-hydrogen) atoms. The van der Waals surface area contributed by atoms with Gasteiger partial charge in [-0.15, -0.1) is 34.0 Å². The lowest BCUT2D eigenvalue weighted by molar-refractivity contribution is 0.112. The van der Waals surface area contributed by atoms with Gasteiger partial charge in [0.25, 0.3) is 0 Å². The Hall–Kier alpha value is -6.66. The number of hydrogen-bond donors (Lipinski definition) is 0. The largest absolute Gasteiger partial charge is 0.487 e. The van der Waals surface area contributed by atoms with Gasteiger partial charge in [0.15, 0.2) is 17.0 Å². The third kappa shape index (κ3) is 10.6. The Kier molecular flexibility index (Phi) is 16.2. The third-order valence-electron chi connectivity index (χ3n) is 8.85. The number of benzene rings is 3. The van der Waals surface area contributed by atoms with Gasteiger partial charge >= 0.3 is 0 Å². The van der Waals surface area contributed by atoms with Crippen LogP contribution in [0.15, 0.2) is 103 Å². The van der Waals surface area contributed by atoms with E-state index in [-0.39, 0.29) is 14.9 Å². The molecule has 0 aliphatic rings. The summed E-state index contributed by atoms with van der Waals surface area (Å²) in [5.41, 5.74) is 8.51. The molecule has 7 heterocycles. The Bertz CT molecular complexity index is 3240. The molecular weight excluding hydrogens is 935 g/mol. The molecule has 0 spiro atoms. The zero-order valence-corrected chi connectivity index (χ0v) is 37.7. The molecule has 11 nitrogen and oxygen atoms in total. The van der Waals surface area contributed by atoms with Crippen molar-refractivity contribution in [1.29, 1.82) is 10.5 Å². The molecule has 0 saturated heterocycles. The lowest BCUT2D eigenvalue weighted by atomic mass is 10.0. The molecule has 10 aromatic rings. The van der Waals surface area contributed by atoms with Gasteiger partial charge < -0.3 is 4.74 Å². The first-order valence-corrected chi connectivity index (χ1v) is 23.5. The van der Waals surface area contributed by atoms with Crippen molar-refractivity contribution >= 4 is 143 Å². The molecule has 3 aromatic carbocycles. The maximum Gasteiger partial charge on any atom is 0.197 e. The number of carbonyl (C=O) groups is 1. The molecule has 316 valence electrons. The fourth-order valence-electron chi connectivity index (χ4n) is 5.98. The molecule has 0 N–H and O–H groups in total. The Labute approximate surface area is 397 Å². The number of allylic oxidation sites excluding steroid dienone is 1. The predicted molar refractivity (Wildman–Crippen MR) is 270 cm³/mol. The summed E-state index contributed by atoms with van der Waals surface area (Å²) in [6, 6.07) is 37.5. The highest BCUT2D eigenvalue weighted by Gasteiger charge is 2.14. The van der Waals surface area contributed by atoms with Gasteiger partial charge in [-0.1, -0.05) is 62.6 Å². The van der Waals surface area contributed by atoms with Crippen LogP contribution in [0.4, 0.5) is 0 Å². The van der Waals surface area contributed by atoms with E-state index < -0.39 is 0 Å². The minimum Gasteiger partial charge on any atom is -0.487 e. The molecule has 18 heteroatoms. The molecule has 0 fully saturated rings. The topological polar surface area (TPSA) is 156 Å². The molecule has 0 unspecified atom stereocenters. The smallest absolute Gasteiger partial charge is 0.197 e. The molecule has 0 bridgehead atoms. The van der Waals surface area contributed by atoms with Crippen LogP contribution in [-0.4, -0.2) is 39.6 Å². The van der Waals surface area contributed by atoms with E-state index in [9.17, 15) is 10.1 Å². The predicted octanol–water partition coefficient (Wildman–Crippen LogP) is 14.3. The maximum atomic E-state index is 10.5. The zero-order chi connectivity index (χ0) is 42.8. The Balaban J connectivity index is 0.000000199. The van der Waals surface area contributed by atoms with Gasteiger partial charge in [0, 0.05) is 40.4 Å². The minimum atomic E-state index is 0. The van der Waals surface area contributed by atoms with Crippen LogP contribution < -0.4 is 4.74 Å². The van der Waals surface area contributed by atoms with Crippen LogP contribution in [0.5, 0.6) is 5.06 Å². The molecule has 0 amide bonds. The number of aldehydes is 1. The van der Waals surface area contributed by atoms with E-state index in [4.69, 9.17) is 16.6 Å². The molecule has 0 radical (unpaired) electrons. The van der Waals surface area contributed by atoms with E-state index in [1.165, 1.54) is 23.1 Å². The number of nitrogens with zero attached hydrogens (tertiary/aromatic N) is 9. The van der Waals surface area contributed by atoms with Crippen LogP contribution in [-0.2, 0) is 6.42 Å². The average molecular weight is 968 g/mol. The lowest BCUT2D eigenvalue weighted by Crippen LogP contribution is -1.84. The Morgan fingerprint density at radius 3 is 1.67 bits per heavy atom. The number of fused-ring (bicyclic) bond motifs is 3. The van der Waals surface area contributed by atoms with Crippen molar-refractivity contribution < 1.29 is 9.53 Å². The van der Waals surface area contributed by atoms with Gasteiger partial charge in [0.2, 0.25) is 0 Å². The van der Waals surface area contributed by atoms with Crippen LogP contribution in [0.3, 0.4) is 0 Å². The third-order valence-corrected chi connectivity index (χ3v) is 15.0. The van der Waals surface area contributed by atoms with E-state index in [1.54, 1.807) is 41.1 Å². The van der Waals surface area contributed by atoms with Gasteiger partial charge in [0.05, 0.1) is 77.9 Å². The first-order chi connectivity index (χ1) is 30.5. The second-order valence-electron chi connectivity index (χ2n) is 12.6. The molecular formula is C46H33N9O2S7. The maximum absolute atomic E-state index is 10.5. The summed E-state index contributed by atoms with van der Waals surface area (Å²) in [6.07, 6.45) is 5.08. The second-order valence-corrected chi connectivity index (χ2v) is 18.6. The quantitative estimate of drug-likeness (QED) is 0.0775. The fraction of sp³-hybridized carbons (Fsp3) is 0.0870.